The van der Waals surface area contributed by atoms with Gasteiger partial charge in [0.05, 0.1) is 6.73 Å². The van der Waals surface area contributed by atoms with Gasteiger partial charge in [-0.2, -0.15) is 0 Å². The van der Waals surface area contributed by atoms with E-state index >= 15 is 0 Å². The summed E-state index contributed by atoms with van der Waals surface area (Å²) in [4.78, 5) is 2.24. The molecule has 0 spiro atoms. The third kappa shape index (κ3) is 4.07. The van der Waals surface area contributed by atoms with E-state index in [0.29, 0.717) is 6.73 Å². The third-order valence-corrected chi connectivity index (χ3v) is 2.26. The van der Waals surface area contributed by atoms with Gasteiger partial charge in [0, 0.05) is 12.6 Å². The highest BCUT2D eigenvalue weighted by molar-refractivity contribution is 4.78. The van der Waals surface area contributed by atoms with E-state index < -0.39 is 0 Å². The van der Waals surface area contributed by atoms with Gasteiger partial charge in [-0.25, -0.2) is 0 Å². The van der Waals surface area contributed by atoms with Crippen molar-refractivity contribution in [2.45, 2.75) is 39.7 Å². The van der Waals surface area contributed by atoms with Crippen LogP contribution in [-0.2, 0) is 4.74 Å². The van der Waals surface area contributed by atoms with E-state index in [2.05, 4.69) is 39.6 Å². The second-order valence-electron chi connectivity index (χ2n) is 4.53. The molecule has 74 valence electrons. The molecule has 0 amide bonds. The molecule has 12 heavy (non-hydrogen) atoms. The van der Waals surface area contributed by atoms with E-state index in [1.807, 2.05) is 0 Å². The highest BCUT2D eigenvalue weighted by Gasteiger charge is 2.23. The van der Waals surface area contributed by atoms with Crippen molar-refractivity contribution in [3.05, 3.63) is 0 Å². The van der Waals surface area contributed by atoms with Gasteiger partial charge in [-0.3, -0.25) is 4.90 Å². The van der Waals surface area contributed by atoms with Gasteiger partial charge in [-0.1, -0.05) is 13.8 Å². The molecule has 2 nitrogen and oxygen atoms in total. The third-order valence-electron chi connectivity index (χ3n) is 2.26. The summed E-state index contributed by atoms with van der Waals surface area (Å²) in [7, 11) is 3.84. The lowest BCUT2D eigenvalue weighted by Gasteiger charge is -2.36. The molecule has 0 aromatic heterocycles. The van der Waals surface area contributed by atoms with Crippen molar-refractivity contribution in [3.63, 3.8) is 0 Å². The largest absolute Gasteiger partial charge is 0.369 e. The first kappa shape index (κ1) is 11.9. The lowest BCUT2D eigenvalue weighted by molar-refractivity contribution is 0.00957. The van der Waals surface area contributed by atoms with Gasteiger partial charge >= 0.3 is 0 Å². The van der Waals surface area contributed by atoms with E-state index in [0.717, 1.165) is 5.92 Å². The van der Waals surface area contributed by atoms with Crippen LogP contribution in [0.4, 0.5) is 0 Å². The molecule has 0 aliphatic carbocycles. The Kier molecular flexibility index (Phi) is 4.80. The summed E-state index contributed by atoms with van der Waals surface area (Å²) in [6.45, 7) is 9.72. The fraction of sp³-hybridized carbons (Fsp3) is 1.00. The lowest BCUT2D eigenvalue weighted by atomic mass is 9.92. The van der Waals surface area contributed by atoms with Crippen LogP contribution in [-0.4, -0.2) is 31.3 Å². The van der Waals surface area contributed by atoms with Crippen LogP contribution in [0.3, 0.4) is 0 Å². The summed E-state index contributed by atoms with van der Waals surface area (Å²) in [5.74, 6) is 0.735. The number of methoxy groups -OCH3 is 1. The number of ether oxygens (including phenoxy) is 1. The predicted octanol–water partition coefficient (Wildman–Crippen LogP) is 2.35. The molecular weight excluding hydrogens is 150 g/mol. The minimum absolute atomic E-state index is 0.240. The van der Waals surface area contributed by atoms with E-state index in [1.54, 1.807) is 7.11 Å². The van der Waals surface area contributed by atoms with Gasteiger partial charge in [0.25, 0.3) is 0 Å². The van der Waals surface area contributed by atoms with Crippen LogP contribution in [0.15, 0.2) is 0 Å². The highest BCUT2D eigenvalue weighted by atomic mass is 16.5. The van der Waals surface area contributed by atoms with Crippen molar-refractivity contribution < 1.29 is 4.74 Å². The van der Waals surface area contributed by atoms with Gasteiger partial charge in [0.2, 0.25) is 0 Å². The first-order chi connectivity index (χ1) is 5.40. The van der Waals surface area contributed by atoms with Gasteiger partial charge in [-0.15, -0.1) is 0 Å². The molecule has 0 aliphatic heterocycles. The quantitative estimate of drug-likeness (QED) is 0.592. The van der Waals surface area contributed by atoms with Crippen LogP contribution in [0.25, 0.3) is 0 Å². The van der Waals surface area contributed by atoms with Crippen molar-refractivity contribution in [2.24, 2.45) is 5.92 Å². The van der Waals surface area contributed by atoms with Crippen LogP contribution in [0.2, 0.25) is 0 Å². The molecule has 0 aromatic rings. The van der Waals surface area contributed by atoms with Crippen LogP contribution < -0.4 is 0 Å². The molecule has 0 N–H and O–H groups in total. The topological polar surface area (TPSA) is 12.5 Å². The molecule has 0 bridgehead atoms. The zero-order valence-electron chi connectivity index (χ0n) is 9.35. The minimum atomic E-state index is 0.240. The summed E-state index contributed by atoms with van der Waals surface area (Å²) in [5.41, 5.74) is 0.240. The zero-order chi connectivity index (χ0) is 9.78. The summed E-state index contributed by atoms with van der Waals surface area (Å²) in [6, 6.07) is 0. The summed E-state index contributed by atoms with van der Waals surface area (Å²) < 4.78 is 5.10. The highest BCUT2D eigenvalue weighted by Crippen LogP contribution is 2.21. The number of rotatable bonds is 5. The second-order valence-corrected chi connectivity index (χ2v) is 4.53. The molecule has 0 saturated heterocycles. The maximum atomic E-state index is 5.10. The van der Waals surface area contributed by atoms with Gasteiger partial charge in [-0.05, 0) is 33.2 Å². The molecule has 0 saturated carbocycles. The first-order valence-corrected chi connectivity index (χ1v) is 4.60. The summed E-state index contributed by atoms with van der Waals surface area (Å²) >= 11 is 0. The van der Waals surface area contributed by atoms with Crippen LogP contribution in [0.5, 0.6) is 0 Å². The Labute approximate surface area is 76.9 Å². The molecule has 0 unspecified atom stereocenters. The average molecular weight is 173 g/mol. The van der Waals surface area contributed by atoms with Crippen molar-refractivity contribution >= 4 is 0 Å². The average Bonchev–Trinajstić information content (AvgIpc) is 1.85. The fourth-order valence-corrected chi connectivity index (χ4v) is 1.52. The summed E-state index contributed by atoms with van der Waals surface area (Å²) in [5, 5.41) is 0. The monoisotopic (exact) mass is 173 g/mol. The lowest BCUT2D eigenvalue weighted by Crippen LogP contribution is -2.43. The number of hydrogen-bond acceptors (Lipinski definition) is 2. The van der Waals surface area contributed by atoms with E-state index in [1.165, 1.54) is 6.42 Å². The standard InChI is InChI=1S/C10H23NO/c1-9(2)7-10(3,4)11(5)8-12-6/h9H,7-8H2,1-6H3. The molecule has 0 rings (SSSR count). The SMILES string of the molecule is COCN(C)C(C)(C)CC(C)C. The number of hydrogen-bond donors (Lipinski definition) is 0. The molecular formula is C10H23NO. The van der Waals surface area contributed by atoms with Crippen LogP contribution >= 0.6 is 0 Å². The molecule has 0 heterocycles. The van der Waals surface area contributed by atoms with E-state index in [4.69, 9.17) is 4.74 Å². The normalized spacial score (nSPS) is 13.0. The number of nitrogens with zero attached hydrogens (tertiary/aromatic N) is 1. The molecule has 0 radical (unpaired) electrons. The second kappa shape index (κ2) is 4.83. The Hall–Kier alpha value is -0.0800. The first-order valence-electron chi connectivity index (χ1n) is 4.60. The minimum Gasteiger partial charge on any atom is -0.369 e. The maximum absolute atomic E-state index is 5.10. The Morgan fingerprint density at radius 3 is 2.17 bits per heavy atom. The van der Waals surface area contributed by atoms with Gasteiger partial charge < -0.3 is 4.74 Å². The predicted molar refractivity (Wildman–Crippen MR) is 53.2 cm³/mol. The van der Waals surface area contributed by atoms with Crippen molar-refractivity contribution in [2.75, 3.05) is 20.9 Å². The fourth-order valence-electron chi connectivity index (χ4n) is 1.52. The van der Waals surface area contributed by atoms with Crippen molar-refractivity contribution in [1.29, 1.82) is 0 Å². The summed E-state index contributed by atoms with van der Waals surface area (Å²) in [6.07, 6.45) is 1.20. The van der Waals surface area contributed by atoms with Crippen molar-refractivity contribution in [3.8, 4) is 0 Å². The Bertz CT molecular complexity index is 121. The van der Waals surface area contributed by atoms with Gasteiger partial charge in [0.1, 0.15) is 0 Å². The van der Waals surface area contributed by atoms with Gasteiger partial charge in [0.15, 0.2) is 0 Å². The maximum Gasteiger partial charge on any atom is 0.0988 e. The smallest absolute Gasteiger partial charge is 0.0988 e. The molecule has 0 aliphatic rings. The molecule has 2 heteroatoms. The Morgan fingerprint density at radius 1 is 1.33 bits per heavy atom. The molecule has 0 fully saturated rings. The Morgan fingerprint density at radius 2 is 1.83 bits per heavy atom. The van der Waals surface area contributed by atoms with Crippen LogP contribution in [0, 0.1) is 5.92 Å². The Balaban J connectivity index is 3.99. The molecule has 0 atom stereocenters. The zero-order valence-corrected chi connectivity index (χ0v) is 9.35. The molecule has 0 aromatic carbocycles. The van der Waals surface area contributed by atoms with E-state index in [-0.39, 0.29) is 5.54 Å². The van der Waals surface area contributed by atoms with E-state index in [9.17, 15) is 0 Å². The van der Waals surface area contributed by atoms with Crippen LogP contribution in [0.1, 0.15) is 34.1 Å². The van der Waals surface area contributed by atoms with Crippen molar-refractivity contribution in [1.82, 2.24) is 4.90 Å².